The van der Waals surface area contributed by atoms with Gasteiger partial charge in [0.25, 0.3) is 6.43 Å². The number of aromatic nitrogens is 4. The van der Waals surface area contributed by atoms with Gasteiger partial charge >= 0.3 is 0 Å². The zero-order valence-corrected chi connectivity index (χ0v) is 23.0. The molecule has 3 aromatic rings. The molecule has 2 aromatic heterocycles. The molecule has 0 atom stereocenters. The van der Waals surface area contributed by atoms with E-state index in [0.29, 0.717) is 81.0 Å². The van der Waals surface area contributed by atoms with Gasteiger partial charge in [-0.1, -0.05) is 12.1 Å². The molecule has 3 fully saturated rings. The number of aliphatic hydroxyl groups is 1. The lowest BCUT2D eigenvalue weighted by atomic mass is 9.85. The molecule has 1 aliphatic carbocycles. The number of amides is 1. The zero-order chi connectivity index (χ0) is 28.3. The van der Waals surface area contributed by atoms with E-state index in [2.05, 4.69) is 15.0 Å². The van der Waals surface area contributed by atoms with Crippen LogP contribution >= 0.6 is 0 Å². The predicted octanol–water partition coefficient (Wildman–Crippen LogP) is 3.76. The Bertz CT molecular complexity index is 1350. The molecule has 0 radical (unpaired) electrons. The molecule has 4 heterocycles. The van der Waals surface area contributed by atoms with E-state index in [1.165, 1.54) is 4.57 Å². The number of halogens is 2. The monoisotopic (exact) mass is 570 g/mol. The van der Waals surface area contributed by atoms with Gasteiger partial charge in [-0.3, -0.25) is 9.36 Å². The summed E-state index contributed by atoms with van der Waals surface area (Å²) >= 11 is 0. The largest absolute Gasteiger partial charge is 0.474 e. The van der Waals surface area contributed by atoms with Crippen molar-refractivity contribution in [3.63, 3.8) is 0 Å². The van der Waals surface area contributed by atoms with Crippen molar-refractivity contribution in [2.45, 2.75) is 51.1 Å². The first-order valence-corrected chi connectivity index (χ1v) is 14.5. The van der Waals surface area contributed by atoms with E-state index in [9.17, 15) is 18.7 Å². The number of carbonyl (C=O) groups excluding carboxylic acids is 1. The van der Waals surface area contributed by atoms with Crippen LogP contribution in [0.2, 0.25) is 0 Å². The smallest absolute Gasteiger partial charge is 0.296 e. The van der Waals surface area contributed by atoms with E-state index in [-0.39, 0.29) is 36.2 Å². The highest BCUT2D eigenvalue weighted by Crippen LogP contribution is 2.33. The van der Waals surface area contributed by atoms with Crippen molar-refractivity contribution in [2.75, 3.05) is 50.9 Å². The number of likely N-dealkylation sites (tertiary alicyclic amines) is 1. The van der Waals surface area contributed by atoms with Crippen molar-refractivity contribution in [3.8, 4) is 11.7 Å². The fourth-order valence-corrected chi connectivity index (χ4v) is 6.10. The van der Waals surface area contributed by atoms with E-state index < -0.39 is 6.43 Å². The Hall–Kier alpha value is -3.38. The number of ether oxygens (including phenoxy) is 2. The lowest BCUT2D eigenvalue weighted by Crippen LogP contribution is -2.43. The van der Waals surface area contributed by atoms with Crippen LogP contribution < -0.4 is 9.64 Å². The third-order valence-electron chi connectivity index (χ3n) is 8.48. The molecule has 1 amide bonds. The molecule has 0 unspecified atom stereocenters. The molecule has 220 valence electrons. The predicted molar refractivity (Wildman–Crippen MR) is 147 cm³/mol. The number of hydrogen-bond donors (Lipinski definition) is 1. The fourth-order valence-electron chi connectivity index (χ4n) is 6.10. The summed E-state index contributed by atoms with van der Waals surface area (Å²) < 4.78 is 41.5. The van der Waals surface area contributed by atoms with E-state index in [1.54, 1.807) is 30.3 Å². The number of para-hydroxylation sites is 2. The van der Waals surface area contributed by atoms with Crippen LogP contribution in [0, 0.1) is 11.8 Å². The highest BCUT2D eigenvalue weighted by molar-refractivity contribution is 5.79. The van der Waals surface area contributed by atoms with Crippen LogP contribution in [0.25, 0.3) is 16.9 Å². The minimum absolute atomic E-state index is 0.0312. The quantitative estimate of drug-likeness (QED) is 0.458. The normalized spacial score (nSPS) is 22.4. The van der Waals surface area contributed by atoms with Gasteiger partial charge in [0.1, 0.15) is 11.9 Å². The van der Waals surface area contributed by atoms with Gasteiger partial charge < -0.3 is 24.4 Å². The summed E-state index contributed by atoms with van der Waals surface area (Å²) in [7, 11) is 0. The Morgan fingerprint density at radius 2 is 1.73 bits per heavy atom. The molecule has 41 heavy (non-hydrogen) atoms. The number of nitrogens with zero attached hydrogens (tertiary/aromatic N) is 6. The second-order valence-electron chi connectivity index (χ2n) is 11.1. The zero-order valence-electron chi connectivity index (χ0n) is 23.0. The number of alkyl halides is 2. The number of benzene rings is 1. The van der Waals surface area contributed by atoms with E-state index in [1.807, 2.05) is 9.80 Å². The van der Waals surface area contributed by atoms with Gasteiger partial charge in [-0.2, -0.15) is 9.97 Å². The van der Waals surface area contributed by atoms with Crippen LogP contribution in [0.5, 0.6) is 5.88 Å². The van der Waals surface area contributed by atoms with Crippen molar-refractivity contribution in [1.82, 2.24) is 24.4 Å². The van der Waals surface area contributed by atoms with Crippen molar-refractivity contribution in [3.05, 3.63) is 36.2 Å². The number of hydrogen-bond acceptors (Lipinski definition) is 8. The Morgan fingerprint density at radius 1 is 1.00 bits per heavy atom. The minimum Gasteiger partial charge on any atom is -0.474 e. The van der Waals surface area contributed by atoms with Crippen molar-refractivity contribution in [1.29, 1.82) is 0 Å². The van der Waals surface area contributed by atoms with Gasteiger partial charge in [0.2, 0.25) is 17.7 Å². The standard InChI is InChI=1S/C29H36F2N6O4/c30-26(31)27-32-22-3-1-2-4-23(22)37(27)24-17-25(34-29(33-24)36-13-15-40-16-14-36)41-21-7-5-20(6-8-21)28(39)35-11-9-19(18-38)10-12-35/h1-4,17,19-21,26,38H,5-16,18H2/t20-,21-. The fraction of sp³-hybridized carbons (Fsp3) is 0.586. The number of morpholine rings is 1. The van der Waals surface area contributed by atoms with Crippen LogP contribution in [0.4, 0.5) is 14.7 Å². The van der Waals surface area contributed by atoms with Crippen molar-refractivity contribution < 1.29 is 28.2 Å². The molecular weight excluding hydrogens is 534 g/mol. The van der Waals surface area contributed by atoms with Gasteiger partial charge in [-0.15, -0.1) is 0 Å². The molecule has 12 heteroatoms. The SMILES string of the molecule is O=C([C@H]1CC[C@H](Oc2cc(-n3c(C(F)F)nc4ccccc43)nc(N3CCOCC3)n2)CC1)N1CCC(CO)CC1. The summed E-state index contributed by atoms with van der Waals surface area (Å²) in [5.74, 6) is 1.06. The van der Waals surface area contributed by atoms with Gasteiger partial charge in [0.15, 0.2) is 5.82 Å². The molecule has 0 spiro atoms. The molecule has 1 saturated carbocycles. The molecule has 10 nitrogen and oxygen atoms in total. The van der Waals surface area contributed by atoms with Gasteiger partial charge in [0, 0.05) is 44.8 Å². The molecule has 2 saturated heterocycles. The van der Waals surface area contributed by atoms with E-state index >= 15 is 0 Å². The molecule has 6 rings (SSSR count). The molecule has 1 aromatic carbocycles. The second-order valence-corrected chi connectivity index (χ2v) is 11.1. The Balaban J connectivity index is 1.22. The Labute approximate surface area is 237 Å². The number of piperidine rings is 1. The number of fused-ring (bicyclic) bond motifs is 1. The van der Waals surface area contributed by atoms with Gasteiger partial charge in [-0.05, 0) is 56.6 Å². The lowest BCUT2D eigenvalue weighted by molar-refractivity contribution is -0.138. The first kappa shape index (κ1) is 27.8. The van der Waals surface area contributed by atoms with Crippen LogP contribution in [0.3, 0.4) is 0 Å². The van der Waals surface area contributed by atoms with Crippen molar-refractivity contribution in [2.24, 2.45) is 11.8 Å². The average Bonchev–Trinajstić information content (AvgIpc) is 3.42. The topological polar surface area (TPSA) is 106 Å². The Morgan fingerprint density at radius 3 is 2.44 bits per heavy atom. The summed E-state index contributed by atoms with van der Waals surface area (Å²) in [5.41, 5.74) is 0.989. The molecule has 1 N–H and O–H groups in total. The summed E-state index contributed by atoms with van der Waals surface area (Å²) in [5, 5.41) is 9.39. The third-order valence-corrected chi connectivity index (χ3v) is 8.48. The molecule has 3 aliphatic rings. The third kappa shape index (κ3) is 5.99. The summed E-state index contributed by atoms with van der Waals surface area (Å²) in [6, 6.07) is 8.60. The molecular formula is C29H36F2N6O4. The number of carbonyl (C=O) groups is 1. The summed E-state index contributed by atoms with van der Waals surface area (Å²) in [6.45, 7) is 3.81. The lowest BCUT2D eigenvalue weighted by Gasteiger charge is -2.36. The van der Waals surface area contributed by atoms with Crippen LogP contribution in [-0.4, -0.2) is 87.5 Å². The number of aliphatic hydroxyl groups excluding tert-OH is 1. The van der Waals surface area contributed by atoms with Crippen LogP contribution in [0.1, 0.15) is 50.8 Å². The van der Waals surface area contributed by atoms with Crippen LogP contribution in [-0.2, 0) is 9.53 Å². The summed E-state index contributed by atoms with van der Waals surface area (Å²) in [4.78, 5) is 30.6. The second kappa shape index (κ2) is 12.2. The summed E-state index contributed by atoms with van der Waals surface area (Å²) in [6.07, 6.45) is 1.60. The van der Waals surface area contributed by atoms with Crippen molar-refractivity contribution >= 4 is 22.9 Å². The molecule has 0 bridgehead atoms. The molecule has 2 aliphatic heterocycles. The highest BCUT2D eigenvalue weighted by Gasteiger charge is 2.32. The number of imidazole rings is 1. The number of anilines is 1. The highest BCUT2D eigenvalue weighted by atomic mass is 19.3. The number of rotatable bonds is 7. The maximum absolute atomic E-state index is 14.1. The average molecular weight is 571 g/mol. The maximum Gasteiger partial charge on any atom is 0.296 e. The van der Waals surface area contributed by atoms with Gasteiger partial charge in [0.05, 0.1) is 24.2 Å². The van der Waals surface area contributed by atoms with E-state index in [0.717, 1.165) is 25.7 Å². The van der Waals surface area contributed by atoms with E-state index in [4.69, 9.17) is 9.47 Å². The van der Waals surface area contributed by atoms with Crippen LogP contribution in [0.15, 0.2) is 30.3 Å². The maximum atomic E-state index is 14.1. The minimum atomic E-state index is -2.80. The first-order valence-electron chi connectivity index (χ1n) is 14.5. The van der Waals surface area contributed by atoms with Gasteiger partial charge in [-0.25, -0.2) is 13.8 Å². The Kier molecular flexibility index (Phi) is 8.29. The first-order chi connectivity index (χ1) is 20.0.